The van der Waals surface area contributed by atoms with E-state index in [4.69, 9.17) is 10.2 Å². The molecular formula is C8H20O2S. The lowest BCUT2D eigenvalue weighted by Gasteiger charge is -1.91. The lowest BCUT2D eigenvalue weighted by atomic mass is 10.6. The monoisotopic (exact) mass is 180 g/mol. The molecule has 0 unspecified atom stereocenters. The maximum Gasteiger partial charge on any atom is 0.0662 e. The molecule has 0 radical (unpaired) electrons. The van der Waals surface area contributed by atoms with Gasteiger partial charge >= 0.3 is 0 Å². The Labute approximate surface area is 74.0 Å². The van der Waals surface area contributed by atoms with Crippen LogP contribution in [0.25, 0.3) is 0 Å². The minimum absolute atomic E-state index is 0.125. The first-order valence-electron chi connectivity index (χ1n) is 4.12. The van der Waals surface area contributed by atoms with Gasteiger partial charge in [0, 0.05) is 0 Å². The number of aliphatic hydroxyl groups excluding tert-OH is 2. The van der Waals surface area contributed by atoms with Crippen LogP contribution in [0.2, 0.25) is 0 Å². The van der Waals surface area contributed by atoms with E-state index in [0.717, 1.165) is 0 Å². The highest BCUT2D eigenvalue weighted by molar-refractivity contribution is 7.99. The molecule has 0 heterocycles. The van der Waals surface area contributed by atoms with Gasteiger partial charge in [0.15, 0.2) is 0 Å². The number of rotatable bonds is 5. The fourth-order valence-corrected chi connectivity index (χ4v) is 1.17. The van der Waals surface area contributed by atoms with Crippen molar-refractivity contribution in [3.63, 3.8) is 0 Å². The zero-order valence-corrected chi connectivity index (χ0v) is 8.36. The molecule has 0 rings (SSSR count). The van der Waals surface area contributed by atoms with E-state index in [1.54, 1.807) is 0 Å². The molecule has 0 saturated heterocycles. The van der Waals surface area contributed by atoms with Crippen molar-refractivity contribution in [2.75, 3.05) is 24.7 Å². The van der Waals surface area contributed by atoms with E-state index < -0.39 is 0 Å². The van der Waals surface area contributed by atoms with Crippen molar-refractivity contribution >= 4 is 11.8 Å². The third-order valence-corrected chi connectivity index (χ3v) is 2.19. The van der Waals surface area contributed by atoms with Gasteiger partial charge in [-0.25, -0.2) is 0 Å². The molecule has 11 heavy (non-hydrogen) atoms. The normalized spacial score (nSPS) is 8.73. The molecule has 0 atom stereocenters. The highest BCUT2D eigenvalue weighted by atomic mass is 32.2. The minimum Gasteiger partial charge on any atom is -0.394 e. The van der Waals surface area contributed by atoms with Gasteiger partial charge in [-0.3, -0.25) is 0 Å². The third kappa shape index (κ3) is 25.3. The summed E-state index contributed by atoms with van der Waals surface area (Å²) in [7, 11) is 0. The molecule has 0 aliphatic carbocycles. The van der Waals surface area contributed by atoms with Gasteiger partial charge in [-0.2, -0.15) is 11.8 Å². The maximum absolute atomic E-state index is 7.62. The van der Waals surface area contributed by atoms with E-state index in [2.05, 4.69) is 25.6 Å². The van der Waals surface area contributed by atoms with Gasteiger partial charge in [0.05, 0.1) is 13.2 Å². The Bertz CT molecular complexity index is 45.4. The molecule has 0 aromatic rings. The Morgan fingerprint density at radius 1 is 0.909 bits per heavy atom. The van der Waals surface area contributed by atoms with E-state index in [1.165, 1.54) is 24.3 Å². The maximum atomic E-state index is 7.62. The van der Waals surface area contributed by atoms with Gasteiger partial charge in [0.2, 0.25) is 0 Å². The van der Waals surface area contributed by atoms with E-state index in [9.17, 15) is 0 Å². The lowest BCUT2D eigenvalue weighted by molar-refractivity contribution is 0.186. The van der Waals surface area contributed by atoms with E-state index >= 15 is 0 Å². The van der Waals surface area contributed by atoms with Crippen LogP contribution >= 0.6 is 11.8 Å². The summed E-state index contributed by atoms with van der Waals surface area (Å²) in [6.07, 6.45) is 2.65. The second-order valence-electron chi connectivity index (χ2n) is 2.06. The van der Waals surface area contributed by atoms with Gasteiger partial charge in [-0.15, -0.1) is 0 Å². The standard InChI is InChI=1S/C6H14S.C2H6O2/c1-3-5-7-6-4-2;3-1-2-4/h3-6H2,1-2H3;3-4H,1-2H2. The first-order chi connectivity index (χ1) is 5.33. The Hall–Kier alpha value is 0.270. The zero-order chi connectivity index (χ0) is 8.95. The van der Waals surface area contributed by atoms with Crippen molar-refractivity contribution in [3.8, 4) is 0 Å². The van der Waals surface area contributed by atoms with Crippen molar-refractivity contribution in [1.29, 1.82) is 0 Å². The average Bonchev–Trinajstić information content (AvgIpc) is 2.06. The van der Waals surface area contributed by atoms with Gasteiger partial charge in [-0.05, 0) is 24.3 Å². The van der Waals surface area contributed by atoms with Crippen LogP contribution in [-0.4, -0.2) is 34.9 Å². The summed E-state index contributed by atoms with van der Waals surface area (Å²) < 4.78 is 0. The number of aliphatic hydroxyl groups is 2. The van der Waals surface area contributed by atoms with Gasteiger partial charge in [-0.1, -0.05) is 13.8 Å². The fourth-order valence-electron chi connectivity index (χ4n) is 0.391. The Balaban J connectivity index is 0. The quantitative estimate of drug-likeness (QED) is 0.630. The van der Waals surface area contributed by atoms with Gasteiger partial charge in [0.1, 0.15) is 0 Å². The van der Waals surface area contributed by atoms with Crippen molar-refractivity contribution in [2.24, 2.45) is 0 Å². The molecular weight excluding hydrogens is 160 g/mol. The number of thioether (sulfide) groups is 1. The van der Waals surface area contributed by atoms with Gasteiger partial charge < -0.3 is 10.2 Å². The molecule has 0 saturated carbocycles. The highest BCUT2D eigenvalue weighted by Gasteiger charge is 1.79. The predicted molar refractivity (Wildman–Crippen MR) is 52.1 cm³/mol. The van der Waals surface area contributed by atoms with Crippen molar-refractivity contribution in [2.45, 2.75) is 26.7 Å². The minimum atomic E-state index is -0.125. The Kier molecular flexibility index (Phi) is 21.0. The van der Waals surface area contributed by atoms with E-state index in [-0.39, 0.29) is 13.2 Å². The van der Waals surface area contributed by atoms with Crippen LogP contribution < -0.4 is 0 Å². The second-order valence-corrected chi connectivity index (χ2v) is 3.28. The van der Waals surface area contributed by atoms with Crippen molar-refractivity contribution < 1.29 is 10.2 Å². The second kappa shape index (κ2) is 16.7. The van der Waals surface area contributed by atoms with Crippen molar-refractivity contribution in [1.82, 2.24) is 0 Å². The number of hydrogen-bond donors (Lipinski definition) is 2. The van der Waals surface area contributed by atoms with Crippen LogP contribution in [0.4, 0.5) is 0 Å². The predicted octanol–water partition coefficient (Wildman–Crippen LogP) is 1.51. The summed E-state index contributed by atoms with van der Waals surface area (Å²) >= 11 is 2.05. The van der Waals surface area contributed by atoms with Crippen LogP contribution in [0, 0.1) is 0 Å². The molecule has 0 amide bonds. The molecule has 2 nitrogen and oxygen atoms in total. The van der Waals surface area contributed by atoms with Crippen LogP contribution in [0.15, 0.2) is 0 Å². The van der Waals surface area contributed by atoms with Crippen LogP contribution in [0.5, 0.6) is 0 Å². The number of hydrogen-bond acceptors (Lipinski definition) is 3. The SMILES string of the molecule is CCCSCCC.OCCO. The van der Waals surface area contributed by atoms with Crippen LogP contribution in [0.1, 0.15) is 26.7 Å². The first kappa shape index (κ1) is 13.8. The average molecular weight is 180 g/mol. The Morgan fingerprint density at radius 3 is 1.45 bits per heavy atom. The molecule has 0 fully saturated rings. The highest BCUT2D eigenvalue weighted by Crippen LogP contribution is 2.02. The summed E-state index contributed by atoms with van der Waals surface area (Å²) in [6, 6.07) is 0. The topological polar surface area (TPSA) is 40.5 Å². The first-order valence-corrected chi connectivity index (χ1v) is 5.28. The smallest absolute Gasteiger partial charge is 0.0662 e. The summed E-state index contributed by atoms with van der Waals surface area (Å²) in [4.78, 5) is 0. The summed E-state index contributed by atoms with van der Waals surface area (Å²) in [5, 5.41) is 15.2. The molecule has 0 aliphatic heterocycles. The molecule has 70 valence electrons. The lowest BCUT2D eigenvalue weighted by Crippen LogP contribution is -1.85. The molecule has 3 heteroatoms. The van der Waals surface area contributed by atoms with Gasteiger partial charge in [0.25, 0.3) is 0 Å². The van der Waals surface area contributed by atoms with Crippen LogP contribution in [-0.2, 0) is 0 Å². The van der Waals surface area contributed by atoms with E-state index in [1.807, 2.05) is 0 Å². The Morgan fingerprint density at radius 2 is 1.27 bits per heavy atom. The summed E-state index contributed by atoms with van der Waals surface area (Å²) in [6.45, 7) is 4.20. The van der Waals surface area contributed by atoms with Crippen LogP contribution in [0.3, 0.4) is 0 Å². The largest absolute Gasteiger partial charge is 0.394 e. The van der Waals surface area contributed by atoms with Crippen molar-refractivity contribution in [3.05, 3.63) is 0 Å². The molecule has 0 aliphatic rings. The summed E-state index contributed by atoms with van der Waals surface area (Å²) in [5.74, 6) is 2.68. The summed E-state index contributed by atoms with van der Waals surface area (Å²) in [5.41, 5.74) is 0. The molecule has 0 bridgehead atoms. The zero-order valence-electron chi connectivity index (χ0n) is 7.55. The third-order valence-electron chi connectivity index (χ3n) is 0.797. The molecule has 0 aromatic carbocycles. The molecule has 2 N–H and O–H groups in total. The molecule has 0 aromatic heterocycles. The van der Waals surface area contributed by atoms with E-state index in [0.29, 0.717) is 0 Å². The molecule has 0 spiro atoms. The fraction of sp³-hybridized carbons (Fsp3) is 1.00.